The number of fused-ring (bicyclic) bond motifs is 1. The molecule has 7 heteroatoms. The molecule has 2 aromatic heterocycles. The van der Waals surface area contributed by atoms with Crippen LogP contribution in [0.25, 0.3) is 16.6 Å². The van der Waals surface area contributed by atoms with E-state index in [1.54, 1.807) is 0 Å². The van der Waals surface area contributed by atoms with Crippen LogP contribution in [0.15, 0.2) is 71.8 Å². The van der Waals surface area contributed by atoms with Crippen molar-refractivity contribution in [2.75, 3.05) is 0 Å². The Hall–Kier alpha value is -3.61. The minimum Gasteiger partial charge on any atom is -0.453 e. The minimum absolute atomic E-state index is 0.141. The van der Waals surface area contributed by atoms with E-state index in [1.165, 1.54) is 35.0 Å². The fourth-order valence-electron chi connectivity index (χ4n) is 2.92. The number of ether oxygens (including phenoxy) is 1. The lowest BCUT2D eigenvalue weighted by Gasteiger charge is -2.12. The average Bonchev–Trinajstić information content (AvgIpc) is 2.65. The molecular formula is C21H11F4NO2. The molecule has 0 atom stereocenters. The lowest BCUT2D eigenvalue weighted by molar-refractivity contribution is 0.435. The topological polar surface area (TPSA) is 30.7 Å². The van der Waals surface area contributed by atoms with Crippen molar-refractivity contribution in [1.82, 2.24) is 4.40 Å². The first kappa shape index (κ1) is 17.8. The van der Waals surface area contributed by atoms with Crippen molar-refractivity contribution in [1.29, 1.82) is 0 Å². The van der Waals surface area contributed by atoms with E-state index < -0.39 is 34.3 Å². The monoisotopic (exact) mass is 385 g/mol. The van der Waals surface area contributed by atoms with Crippen molar-refractivity contribution >= 4 is 5.52 Å². The molecule has 140 valence electrons. The second-order valence-electron chi connectivity index (χ2n) is 5.99. The Morgan fingerprint density at radius 1 is 0.786 bits per heavy atom. The maximum Gasteiger partial charge on any atom is 0.190 e. The van der Waals surface area contributed by atoms with E-state index >= 15 is 0 Å². The lowest BCUT2D eigenvalue weighted by atomic mass is 10.0. The second-order valence-corrected chi connectivity index (χ2v) is 5.99. The highest BCUT2D eigenvalue weighted by atomic mass is 19.1. The molecule has 0 N–H and O–H groups in total. The molecule has 0 saturated heterocycles. The van der Waals surface area contributed by atoms with E-state index in [4.69, 9.17) is 4.74 Å². The maximum absolute atomic E-state index is 14.2. The molecule has 0 aliphatic carbocycles. The Labute approximate surface area is 156 Å². The van der Waals surface area contributed by atoms with Gasteiger partial charge < -0.3 is 9.14 Å². The number of rotatable bonds is 3. The van der Waals surface area contributed by atoms with E-state index in [1.807, 2.05) is 0 Å². The summed E-state index contributed by atoms with van der Waals surface area (Å²) in [5.74, 6) is -3.35. The molecule has 0 saturated carbocycles. The van der Waals surface area contributed by atoms with E-state index in [0.717, 1.165) is 30.3 Å². The summed E-state index contributed by atoms with van der Waals surface area (Å²) in [6, 6.07) is 10.2. The summed E-state index contributed by atoms with van der Waals surface area (Å²) in [5, 5.41) is 0. The van der Waals surface area contributed by atoms with Crippen LogP contribution in [0.2, 0.25) is 0 Å². The zero-order valence-electron chi connectivity index (χ0n) is 14.1. The van der Waals surface area contributed by atoms with Gasteiger partial charge >= 0.3 is 0 Å². The van der Waals surface area contributed by atoms with Gasteiger partial charge in [-0.25, -0.2) is 17.6 Å². The molecule has 0 spiro atoms. The molecule has 4 aromatic rings. The summed E-state index contributed by atoms with van der Waals surface area (Å²) in [5.41, 5.74) is -0.882. The first-order valence-corrected chi connectivity index (χ1v) is 8.16. The van der Waals surface area contributed by atoms with E-state index in [9.17, 15) is 22.4 Å². The molecule has 3 nitrogen and oxygen atoms in total. The van der Waals surface area contributed by atoms with Crippen LogP contribution in [0, 0.1) is 23.3 Å². The standard InChI is InChI=1S/C21H11F4NO2/c22-12-4-7-19(16(25)10-12)28-13-5-6-17-21(18(27)8-9-26(17)11-13)20-14(23)2-1-3-15(20)24/h1-11H. The first-order valence-electron chi connectivity index (χ1n) is 8.16. The highest BCUT2D eigenvalue weighted by Gasteiger charge is 2.17. The SMILES string of the molecule is O=c1ccn2cc(Oc3ccc(F)cc3F)ccc2c1-c1c(F)cccc1F. The van der Waals surface area contributed by atoms with Gasteiger partial charge in [0.2, 0.25) is 0 Å². The van der Waals surface area contributed by atoms with Gasteiger partial charge in [0.15, 0.2) is 17.0 Å². The van der Waals surface area contributed by atoms with Crippen molar-refractivity contribution in [3.8, 4) is 22.6 Å². The second kappa shape index (κ2) is 6.84. The summed E-state index contributed by atoms with van der Waals surface area (Å²) in [6.45, 7) is 0. The van der Waals surface area contributed by atoms with Crippen molar-refractivity contribution in [3.05, 3.63) is 100 Å². The number of hydrogen-bond acceptors (Lipinski definition) is 2. The number of halogens is 4. The maximum atomic E-state index is 14.2. The van der Waals surface area contributed by atoms with Crippen LogP contribution < -0.4 is 10.2 Å². The van der Waals surface area contributed by atoms with Gasteiger partial charge in [-0.05, 0) is 36.4 Å². The molecule has 28 heavy (non-hydrogen) atoms. The van der Waals surface area contributed by atoms with E-state index in [-0.39, 0.29) is 22.6 Å². The highest BCUT2D eigenvalue weighted by Crippen LogP contribution is 2.30. The molecule has 0 bridgehead atoms. The molecule has 0 unspecified atom stereocenters. The Bertz CT molecular complexity index is 1250. The van der Waals surface area contributed by atoms with E-state index in [2.05, 4.69) is 0 Å². The minimum atomic E-state index is -0.880. The zero-order valence-corrected chi connectivity index (χ0v) is 14.1. The third kappa shape index (κ3) is 3.11. The lowest BCUT2D eigenvalue weighted by Crippen LogP contribution is -2.09. The van der Waals surface area contributed by atoms with Gasteiger partial charge in [0.1, 0.15) is 23.2 Å². The average molecular weight is 385 g/mol. The van der Waals surface area contributed by atoms with Gasteiger partial charge in [0.05, 0.1) is 22.8 Å². The zero-order chi connectivity index (χ0) is 19.8. The Balaban J connectivity index is 1.84. The number of nitrogens with zero attached hydrogens (tertiary/aromatic N) is 1. The van der Waals surface area contributed by atoms with E-state index in [0.29, 0.717) is 6.07 Å². The van der Waals surface area contributed by atoms with Crippen LogP contribution >= 0.6 is 0 Å². The molecule has 4 rings (SSSR count). The van der Waals surface area contributed by atoms with Crippen molar-refractivity contribution < 1.29 is 22.3 Å². The van der Waals surface area contributed by atoms with Crippen LogP contribution in [0.1, 0.15) is 0 Å². The summed E-state index contributed by atoms with van der Waals surface area (Å²) in [4.78, 5) is 12.3. The third-order valence-corrected chi connectivity index (χ3v) is 4.17. The predicted octanol–water partition coefficient (Wildman–Crippen LogP) is 5.32. The van der Waals surface area contributed by atoms with Gasteiger partial charge in [-0.3, -0.25) is 4.79 Å². The van der Waals surface area contributed by atoms with Gasteiger partial charge in [-0.1, -0.05) is 6.07 Å². The number of aromatic nitrogens is 1. The normalized spacial score (nSPS) is 11.0. The van der Waals surface area contributed by atoms with Crippen molar-refractivity contribution in [2.45, 2.75) is 0 Å². The summed E-state index contributed by atoms with van der Waals surface area (Å²) >= 11 is 0. The molecule has 2 heterocycles. The number of benzene rings is 2. The summed E-state index contributed by atoms with van der Waals surface area (Å²) in [7, 11) is 0. The molecule has 0 amide bonds. The third-order valence-electron chi connectivity index (χ3n) is 4.17. The quantitative estimate of drug-likeness (QED) is 0.447. The highest BCUT2D eigenvalue weighted by molar-refractivity contribution is 5.81. The Morgan fingerprint density at radius 3 is 2.25 bits per heavy atom. The van der Waals surface area contributed by atoms with Crippen LogP contribution in [-0.4, -0.2) is 4.40 Å². The molecule has 0 aliphatic rings. The van der Waals surface area contributed by atoms with Gasteiger partial charge in [0.25, 0.3) is 0 Å². The van der Waals surface area contributed by atoms with Crippen molar-refractivity contribution in [2.24, 2.45) is 0 Å². The summed E-state index contributed by atoms with van der Waals surface area (Å²) in [6.07, 6.45) is 2.81. The Morgan fingerprint density at radius 2 is 1.54 bits per heavy atom. The van der Waals surface area contributed by atoms with Gasteiger partial charge in [0, 0.05) is 18.3 Å². The van der Waals surface area contributed by atoms with Crippen LogP contribution in [0.4, 0.5) is 17.6 Å². The van der Waals surface area contributed by atoms with Crippen LogP contribution in [0.5, 0.6) is 11.5 Å². The van der Waals surface area contributed by atoms with Gasteiger partial charge in [-0.2, -0.15) is 0 Å². The number of hydrogen-bond donors (Lipinski definition) is 0. The molecule has 0 radical (unpaired) electrons. The van der Waals surface area contributed by atoms with Crippen molar-refractivity contribution in [3.63, 3.8) is 0 Å². The molecular weight excluding hydrogens is 374 g/mol. The fourth-order valence-corrected chi connectivity index (χ4v) is 2.92. The van der Waals surface area contributed by atoms with Gasteiger partial charge in [-0.15, -0.1) is 0 Å². The first-order chi connectivity index (χ1) is 13.4. The Kier molecular flexibility index (Phi) is 4.35. The fraction of sp³-hybridized carbons (Fsp3) is 0. The molecule has 2 aromatic carbocycles. The smallest absolute Gasteiger partial charge is 0.190 e. The number of pyridine rings is 2. The van der Waals surface area contributed by atoms with Crippen LogP contribution in [0.3, 0.4) is 0 Å². The predicted molar refractivity (Wildman–Crippen MR) is 95.5 cm³/mol. The molecule has 0 aliphatic heterocycles. The molecule has 0 fully saturated rings. The van der Waals surface area contributed by atoms with Crippen LogP contribution in [-0.2, 0) is 0 Å². The largest absolute Gasteiger partial charge is 0.453 e. The summed E-state index contributed by atoms with van der Waals surface area (Å²) < 4.78 is 62.0.